The Bertz CT molecular complexity index is 721. The summed E-state index contributed by atoms with van der Waals surface area (Å²) in [7, 11) is 0. The number of fused-ring (bicyclic) bond motifs is 1. The van der Waals surface area contributed by atoms with Crippen LogP contribution in [0, 0.1) is 11.8 Å². The van der Waals surface area contributed by atoms with E-state index in [0.717, 1.165) is 0 Å². The number of aromatic nitrogens is 2. The minimum absolute atomic E-state index is 0.0476. The number of allylic oxidation sites excluding steroid dienone is 2. The van der Waals surface area contributed by atoms with Crippen LogP contribution in [0.3, 0.4) is 0 Å². The van der Waals surface area contributed by atoms with Crippen molar-refractivity contribution in [1.82, 2.24) is 15.0 Å². The number of nitrogens with zero attached hydrogens (tertiary/aromatic N) is 3. The Balaban J connectivity index is 1.54. The van der Waals surface area contributed by atoms with E-state index in [1.54, 1.807) is 6.07 Å². The first kappa shape index (κ1) is 13.0. The van der Waals surface area contributed by atoms with Gasteiger partial charge in [0.1, 0.15) is 6.26 Å². The average molecular weight is 299 g/mol. The van der Waals surface area contributed by atoms with Gasteiger partial charge in [-0.3, -0.25) is 14.5 Å². The summed E-state index contributed by atoms with van der Waals surface area (Å²) in [6.45, 7) is 0.0476. The van der Waals surface area contributed by atoms with Gasteiger partial charge in [0.15, 0.2) is 5.82 Å². The summed E-state index contributed by atoms with van der Waals surface area (Å²) in [4.78, 5) is 30.2. The van der Waals surface area contributed by atoms with Crippen molar-refractivity contribution in [2.75, 3.05) is 0 Å². The molecule has 2 aromatic rings. The molecule has 0 N–H and O–H groups in total. The van der Waals surface area contributed by atoms with Crippen molar-refractivity contribution in [3.05, 3.63) is 36.6 Å². The van der Waals surface area contributed by atoms with Crippen LogP contribution >= 0.6 is 0 Å². The smallest absolute Gasteiger partial charge is 0.261 e. The highest BCUT2D eigenvalue weighted by molar-refractivity contribution is 6.05. The van der Waals surface area contributed by atoms with Crippen molar-refractivity contribution in [3.63, 3.8) is 0 Å². The van der Waals surface area contributed by atoms with Gasteiger partial charge in [-0.15, -0.1) is 0 Å². The van der Waals surface area contributed by atoms with Crippen molar-refractivity contribution >= 4 is 11.8 Å². The number of carbonyl (C=O) groups excluding carboxylic acids is 2. The number of likely N-dealkylation sites (tertiary alicyclic amines) is 1. The van der Waals surface area contributed by atoms with Gasteiger partial charge < -0.3 is 8.94 Å². The molecule has 0 unspecified atom stereocenters. The molecule has 1 saturated heterocycles. The highest BCUT2D eigenvalue weighted by atomic mass is 16.5. The Morgan fingerprint density at radius 1 is 1.18 bits per heavy atom. The molecule has 1 fully saturated rings. The van der Waals surface area contributed by atoms with Crippen LogP contribution < -0.4 is 0 Å². The van der Waals surface area contributed by atoms with Crippen LogP contribution in [0.1, 0.15) is 18.7 Å². The second-order valence-electron chi connectivity index (χ2n) is 5.45. The number of imide groups is 1. The van der Waals surface area contributed by atoms with Gasteiger partial charge in [0.25, 0.3) is 5.89 Å². The van der Waals surface area contributed by atoms with Gasteiger partial charge in [-0.1, -0.05) is 17.3 Å². The van der Waals surface area contributed by atoms with Gasteiger partial charge in [0, 0.05) is 0 Å². The molecule has 7 heteroatoms. The zero-order valence-electron chi connectivity index (χ0n) is 11.6. The van der Waals surface area contributed by atoms with Gasteiger partial charge in [-0.05, 0) is 18.9 Å². The summed E-state index contributed by atoms with van der Waals surface area (Å²) in [5.74, 6) is -0.148. The fourth-order valence-corrected chi connectivity index (χ4v) is 2.99. The lowest BCUT2D eigenvalue weighted by Gasteiger charge is -2.14. The van der Waals surface area contributed by atoms with Crippen LogP contribution in [0.15, 0.2) is 39.7 Å². The number of hydrogen-bond donors (Lipinski definition) is 0. The van der Waals surface area contributed by atoms with E-state index in [4.69, 9.17) is 8.94 Å². The quantitative estimate of drug-likeness (QED) is 0.634. The molecule has 1 aliphatic heterocycles. The number of furan rings is 1. The summed E-state index contributed by atoms with van der Waals surface area (Å²) in [6.07, 6.45) is 8.16. The average Bonchev–Trinajstić information content (AvgIpc) is 3.25. The summed E-state index contributed by atoms with van der Waals surface area (Å²) in [5.41, 5.74) is 0.663. The van der Waals surface area contributed by atoms with E-state index in [0.29, 0.717) is 30.1 Å². The Morgan fingerprint density at radius 2 is 1.91 bits per heavy atom. The molecule has 0 bridgehead atoms. The summed E-state index contributed by atoms with van der Waals surface area (Å²) in [5, 5.41) is 3.83. The zero-order chi connectivity index (χ0) is 15.1. The van der Waals surface area contributed by atoms with Crippen LogP contribution in [-0.4, -0.2) is 26.9 Å². The Kier molecular flexibility index (Phi) is 2.92. The van der Waals surface area contributed by atoms with E-state index in [1.165, 1.54) is 17.4 Å². The molecule has 0 radical (unpaired) electrons. The summed E-state index contributed by atoms with van der Waals surface area (Å²) in [6, 6.07) is 1.70. The summed E-state index contributed by atoms with van der Waals surface area (Å²) >= 11 is 0. The van der Waals surface area contributed by atoms with Crippen LogP contribution in [0.4, 0.5) is 0 Å². The largest absolute Gasteiger partial charge is 0.472 e. The predicted molar refractivity (Wildman–Crippen MR) is 72.9 cm³/mol. The molecule has 0 spiro atoms. The van der Waals surface area contributed by atoms with E-state index >= 15 is 0 Å². The Morgan fingerprint density at radius 3 is 2.55 bits per heavy atom. The lowest BCUT2D eigenvalue weighted by Crippen LogP contribution is -2.31. The molecule has 2 amide bonds. The topological polar surface area (TPSA) is 89.4 Å². The minimum atomic E-state index is -0.238. The lowest BCUT2D eigenvalue weighted by atomic mass is 9.85. The molecule has 112 valence electrons. The Labute approximate surface area is 125 Å². The van der Waals surface area contributed by atoms with Crippen molar-refractivity contribution in [2.45, 2.75) is 19.4 Å². The lowest BCUT2D eigenvalue weighted by molar-refractivity contribution is -0.140. The van der Waals surface area contributed by atoms with Crippen molar-refractivity contribution in [3.8, 4) is 11.5 Å². The van der Waals surface area contributed by atoms with E-state index in [2.05, 4.69) is 10.1 Å². The minimum Gasteiger partial charge on any atom is -0.472 e. The van der Waals surface area contributed by atoms with E-state index in [1.807, 2.05) is 12.2 Å². The van der Waals surface area contributed by atoms with Crippen LogP contribution in [0.2, 0.25) is 0 Å². The molecule has 0 aromatic carbocycles. The molecule has 4 rings (SSSR count). The molecule has 22 heavy (non-hydrogen) atoms. The van der Waals surface area contributed by atoms with E-state index < -0.39 is 0 Å². The molecule has 7 nitrogen and oxygen atoms in total. The van der Waals surface area contributed by atoms with Crippen LogP contribution in [0.5, 0.6) is 0 Å². The first-order chi connectivity index (χ1) is 10.7. The standard InChI is InChI=1S/C15H13N3O4/c19-14-10-3-1-2-4-11(10)15(20)18(14)7-12-16-13(22-17-12)9-5-6-21-8-9/h1-2,5-6,8,10-11H,3-4,7H2/t10-,11-/m0/s1. The van der Waals surface area contributed by atoms with E-state index in [9.17, 15) is 9.59 Å². The Hall–Kier alpha value is -2.70. The predicted octanol–water partition coefficient (Wildman–Crippen LogP) is 1.78. The third-order valence-corrected chi connectivity index (χ3v) is 4.13. The number of amides is 2. The maximum absolute atomic E-state index is 12.4. The van der Waals surface area contributed by atoms with Gasteiger partial charge in [-0.2, -0.15) is 4.98 Å². The van der Waals surface area contributed by atoms with Crippen molar-refractivity contribution in [1.29, 1.82) is 0 Å². The maximum atomic E-state index is 12.4. The normalized spacial score (nSPS) is 24.1. The molecule has 2 aromatic heterocycles. The SMILES string of the molecule is O=C1[C@H]2CC=CC[C@@H]2C(=O)N1Cc1noc(-c2ccoc2)n1. The molecule has 1 aliphatic carbocycles. The van der Waals surface area contributed by atoms with Crippen molar-refractivity contribution in [2.24, 2.45) is 11.8 Å². The fraction of sp³-hybridized carbons (Fsp3) is 0.333. The summed E-state index contributed by atoms with van der Waals surface area (Å²) < 4.78 is 10.1. The van der Waals surface area contributed by atoms with Crippen molar-refractivity contribution < 1.29 is 18.5 Å². The molecule has 3 heterocycles. The zero-order valence-corrected chi connectivity index (χ0v) is 11.6. The maximum Gasteiger partial charge on any atom is 0.261 e. The number of rotatable bonds is 3. The van der Waals surface area contributed by atoms with Gasteiger partial charge >= 0.3 is 0 Å². The molecule has 2 aliphatic rings. The highest BCUT2D eigenvalue weighted by Gasteiger charge is 2.47. The van der Waals surface area contributed by atoms with Gasteiger partial charge in [0.05, 0.1) is 30.2 Å². The van der Waals surface area contributed by atoms with Crippen LogP contribution in [-0.2, 0) is 16.1 Å². The monoisotopic (exact) mass is 299 g/mol. The highest BCUT2D eigenvalue weighted by Crippen LogP contribution is 2.35. The second-order valence-corrected chi connectivity index (χ2v) is 5.45. The van der Waals surface area contributed by atoms with Gasteiger partial charge in [-0.25, -0.2) is 0 Å². The molecular weight excluding hydrogens is 286 g/mol. The number of hydrogen-bond acceptors (Lipinski definition) is 6. The third kappa shape index (κ3) is 1.97. The molecular formula is C15H13N3O4. The van der Waals surface area contributed by atoms with E-state index in [-0.39, 0.29) is 30.2 Å². The molecule has 0 saturated carbocycles. The van der Waals surface area contributed by atoms with Crippen LogP contribution in [0.25, 0.3) is 11.5 Å². The first-order valence-corrected chi connectivity index (χ1v) is 7.09. The fourth-order valence-electron chi connectivity index (χ4n) is 2.99. The first-order valence-electron chi connectivity index (χ1n) is 7.09. The van der Waals surface area contributed by atoms with Gasteiger partial charge in [0.2, 0.25) is 11.8 Å². The second kappa shape index (κ2) is 4.94. The number of carbonyl (C=O) groups is 2. The third-order valence-electron chi connectivity index (χ3n) is 4.13. The molecule has 2 atom stereocenters.